The number of allylic oxidation sites excluding steroid dienone is 2. The molecule has 5 aromatic rings. The molecule has 0 fully saturated rings. The van der Waals surface area contributed by atoms with Crippen LogP contribution in [0.4, 0.5) is 0 Å². The highest BCUT2D eigenvalue weighted by Gasteiger charge is 2.16. The molecule has 174 valence electrons. The summed E-state index contributed by atoms with van der Waals surface area (Å²) < 4.78 is 0. The predicted molar refractivity (Wildman–Crippen MR) is 151 cm³/mol. The van der Waals surface area contributed by atoms with Crippen LogP contribution >= 0.6 is 0 Å². The number of hydrogen-bond donors (Lipinski definition) is 0. The summed E-state index contributed by atoms with van der Waals surface area (Å²) in [6.45, 7) is 0. The van der Waals surface area contributed by atoms with Crippen molar-refractivity contribution in [1.29, 1.82) is 21.0 Å². The second-order valence-corrected chi connectivity index (χ2v) is 8.65. The van der Waals surface area contributed by atoms with Crippen LogP contribution in [-0.4, -0.2) is 0 Å². The highest BCUT2D eigenvalue weighted by Crippen LogP contribution is 2.43. The maximum Gasteiger partial charge on any atom is 0.130 e. The summed E-state index contributed by atoms with van der Waals surface area (Å²) in [5.41, 5.74) is 6.03. The SMILES string of the molecule is N#CC(C#N)=Cc1ccc(-c2c3ccccc3c(-c3ccc(C=C(C#N)C#N)cc3)c3ccccc23)cc1. The Labute approximate surface area is 220 Å². The number of benzene rings is 5. The average molecular weight is 483 g/mol. The summed E-state index contributed by atoms with van der Waals surface area (Å²) in [6, 6.07) is 40.0. The zero-order valence-electron chi connectivity index (χ0n) is 20.2. The van der Waals surface area contributed by atoms with Crippen molar-refractivity contribution >= 4 is 33.7 Å². The fourth-order valence-corrected chi connectivity index (χ4v) is 4.75. The molecule has 0 aliphatic carbocycles. The molecule has 0 heterocycles. The van der Waals surface area contributed by atoms with Crippen molar-refractivity contribution in [2.24, 2.45) is 0 Å². The molecular formula is C34H18N4. The zero-order chi connectivity index (χ0) is 26.5. The van der Waals surface area contributed by atoms with Gasteiger partial charge < -0.3 is 0 Å². The minimum absolute atomic E-state index is 0.0657. The van der Waals surface area contributed by atoms with Crippen molar-refractivity contribution in [3.05, 3.63) is 119 Å². The lowest BCUT2D eigenvalue weighted by Crippen LogP contribution is -1.91. The smallest absolute Gasteiger partial charge is 0.130 e. The Hall–Kier alpha value is -5.94. The zero-order valence-corrected chi connectivity index (χ0v) is 20.2. The first-order valence-electron chi connectivity index (χ1n) is 11.8. The van der Waals surface area contributed by atoms with Gasteiger partial charge >= 0.3 is 0 Å². The number of hydrogen-bond acceptors (Lipinski definition) is 4. The minimum atomic E-state index is 0.0657. The molecule has 0 spiro atoms. The first-order chi connectivity index (χ1) is 18.7. The van der Waals surface area contributed by atoms with Crippen LogP contribution in [0.5, 0.6) is 0 Å². The molecular weight excluding hydrogens is 464 g/mol. The standard InChI is InChI=1S/C34H18N4/c35-19-25(20-36)17-23-9-13-27(14-10-23)33-29-5-1-2-6-30(29)34(32-8-4-3-7-31(32)33)28-15-11-24(12-16-28)18-26(21-37)22-38/h1-18H. The molecule has 0 aliphatic heterocycles. The van der Waals surface area contributed by atoms with E-state index in [1.54, 1.807) is 12.2 Å². The summed E-state index contributed by atoms with van der Waals surface area (Å²) in [5, 5.41) is 40.8. The van der Waals surface area contributed by atoms with E-state index in [4.69, 9.17) is 21.0 Å². The lowest BCUT2D eigenvalue weighted by atomic mass is 9.85. The van der Waals surface area contributed by atoms with E-state index in [1.807, 2.05) is 97.1 Å². The van der Waals surface area contributed by atoms with Crippen LogP contribution in [0.1, 0.15) is 11.1 Å². The maximum absolute atomic E-state index is 9.08. The minimum Gasteiger partial charge on any atom is -0.192 e. The fraction of sp³-hybridized carbons (Fsp3) is 0. The van der Waals surface area contributed by atoms with Crippen LogP contribution in [0.2, 0.25) is 0 Å². The van der Waals surface area contributed by atoms with Crippen LogP contribution in [0.3, 0.4) is 0 Å². The summed E-state index contributed by atoms with van der Waals surface area (Å²) >= 11 is 0. The third-order valence-electron chi connectivity index (χ3n) is 6.43. The molecule has 0 unspecified atom stereocenters. The Balaban J connectivity index is 1.73. The Kier molecular flexibility index (Phi) is 6.48. The molecule has 0 radical (unpaired) electrons. The van der Waals surface area contributed by atoms with E-state index < -0.39 is 0 Å². The molecule has 0 saturated heterocycles. The summed E-state index contributed by atoms with van der Waals surface area (Å²) in [5.74, 6) is 0. The normalized spacial score (nSPS) is 10.0. The highest BCUT2D eigenvalue weighted by molar-refractivity contribution is 6.21. The third kappa shape index (κ3) is 4.39. The van der Waals surface area contributed by atoms with Gasteiger partial charge in [-0.15, -0.1) is 0 Å². The van der Waals surface area contributed by atoms with Crippen LogP contribution in [-0.2, 0) is 0 Å². The summed E-state index contributed by atoms with van der Waals surface area (Å²) in [6.07, 6.45) is 3.16. The second-order valence-electron chi connectivity index (χ2n) is 8.65. The van der Waals surface area contributed by atoms with E-state index in [2.05, 4.69) is 24.3 Å². The molecule has 4 nitrogen and oxygen atoms in total. The van der Waals surface area contributed by atoms with Crippen molar-refractivity contribution in [1.82, 2.24) is 0 Å². The third-order valence-corrected chi connectivity index (χ3v) is 6.43. The molecule has 0 aromatic heterocycles. The van der Waals surface area contributed by atoms with Crippen molar-refractivity contribution in [3.63, 3.8) is 0 Å². The lowest BCUT2D eigenvalue weighted by Gasteiger charge is -2.18. The van der Waals surface area contributed by atoms with Crippen LogP contribution in [0.15, 0.2) is 108 Å². The molecule has 0 bridgehead atoms. The monoisotopic (exact) mass is 482 g/mol. The van der Waals surface area contributed by atoms with E-state index in [9.17, 15) is 0 Å². The van der Waals surface area contributed by atoms with E-state index >= 15 is 0 Å². The van der Waals surface area contributed by atoms with Gasteiger partial charge in [0.15, 0.2) is 0 Å². The molecule has 0 saturated carbocycles. The van der Waals surface area contributed by atoms with Gasteiger partial charge in [0, 0.05) is 0 Å². The van der Waals surface area contributed by atoms with Gasteiger partial charge in [-0.3, -0.25) is 0 Å². The van der Waals surface area contributed by atoms with E-state index in [0.29, 0.717) is 0 Å². The predicted octanol–water partition coefficient (Wildman–Crippen LogP) is 8.19. The van der Waals surface area contributed by atoms with Gasteiger partial charge in [0.2, 0.25) is 0 Å². The van der Waals surface area contributed by atoms with Crippen LogP contribution < -0.4 is 0 Å². The first kappa shape index (κ1) is 23.8. The van der Waals surface area contributed by atoms with E-state index in [-0.39, 0.29) is 11.1 Å². The topological polar surface area (TPSA) is 95.2 Å². The number of fused-ring (bicyclic) bond motifs is 2. The van der Waals surface area contributed by atoms with Crippen molar-refractivity contribution in [3.8, 4) is 46.5 Å². The first-order valence-corrected chi connectivity index (χ1v) is 11.8. The molecule has 0 amide bonds. The number of rotatable bonds is 4. The van der Waals surface area contributed by atoms with Gasteiger partial charge in [0.1, 0.15) is 35.4 Å². The number of nitrogens with zero attached hydrogens (tertiary/aromatic N) is 4. The fourth-order valence-electron chi connectivity index (χ4n) is 4.75. The van der Waals surface area contributed by atoms with Gasteiger partial charge in [0.25, 0.3) is 0 Å². The average Bonchev–Trinajstić information content (AvgIpc) is 2.98. The Morgan fingerprint density at radius 2 is 0.711 bits per heavy atom. The summed E-state index contributed by atoms with van der Waals surface area (Å²) in [7, 11) is 0. The highest BCUT2D eigenvalue weighted by atomic mass is 14.3. The van der Waals surface area contributed by atoms with Gasteiger partial charge in [-0.25, -0.2) is 0 Å². The molecule has 0 N–H and O–H groups in total. The van der Waals surface area contributed by atoms with Gasteiger partial charge in [-0.2, -0.15) is 21.0 Å². The van der Waals surface area contributed by atoms with E-state index in [0.717, 1.165) is 54.9 Å². The van der Waals surface area contributed by atoms with Gasteiger partial charge in [0.05, 0.1) is 0 Å². The van der Waals surface area contributed by atoms with Gasteiger partial charge in [-0.1, -0.05) is 97.1 Å². The molecule has 38 heavy (non-hydrogen) atoms. The second kappa shape index (κ2) is 10.4. The summed E-state index contributed by atoms with van der Waals surface area (Å²) in [4.78, 5) is 0. The van der Waals surface area contributed by atoms with Crippen molar-refractivity contribution in [2.75, 3.05) is 0 Å². The van der Waals surface area contributed by atoms with Crippen molar-refractivity contribution in [2.45, 2.75) is 0 Å². The van der Waals surface area contributed by atoms with Gasteiger partial charge in [-0.05, 0) is 67.1 Å². The van der Waals surface area contributed by atoms with E-state index in [1.165, 1.54) is 0 Å². The molecule has 0 atom stereocenters. The van der Waals surface area contributed by atoms with Crippen molar-refractivity contribution < 1.29 is 0 Å². The molecule has 5 aromatic carbocycles. The Bertz CT molecular complexity index is 1700. The van der Waals surface area contributed by atoms with Crippen LogP contribution in [0.25, 0.3) is 56.0 Å². The molecule has 0 aliphatic rings. The molecule has 4 heteroatoms. The Morgan fingerprint density at radius 1 is 0.421 bits per heavy atom. The Morgan fingerprint density at radius 3 is 0.974 bits per heavy atom. The maximum atomic E-state index is 9.08. The molecule has 5 rings (SSSR count). The van der Waals surface area contributed by atoms with Crippen LogP contribution in [0, 0.1) is 45.3 Å². The quantitative estimate of drug-likeness (QED) is 0.190. The largest absolute Gasteiger partial charge is 0.192 e. The lowest BCUT2D eigenvalue weighted by molar-refractivity contribution is 1.47. The number of nitriles is 4.